The third-order valence-electron chi connectivity index (χ3n) is 6.24. The Morgan fingerprint density at radius 3 is 2.54 bits per heavy atom. The van der Waals surface area contributed by atoms with E-state index in [4.69, 9.17) is 19.7 Å². The van der Waals surface area contributed by atoms with Gasteiger partial charge in [-0.3, -0.25) is 18.6 Å². The molecule has 2 aliphatic rings. The minimum Gasteiger partial charge on any atom is -0.478 e. The molecular formula is C28H29N2O10P. The highest BCUT2D eigenvalue weighted by atomic mass is 31.2. The van der Waals surface area contributed by atoms with E-state index in [0.717, 1.165) is 0 Å². The van der Waals surface area contributed by atoms with Crippen LogP contribution in [0.25, 0.3) is 33.4 Å². The van der Waals surface area contributed by atoms with Gasteiger partial charge in [-0.2, -0.15) is 5.90 Å². The number of aromatic carboxylic acids is 1. The smallest absolute Gasteiger partial charge is 0.472 e. The molecule has 13 heteroatoms. The number of nitrogens with one attached hydrogen (secondary N) is 1. The lowest BCUT2D eigenvalue weighted by molar-refractivity contribution is 0.0697. The molecule has 12 nitrogen and oxygen atoms in total. The van der Waals surface area contributed by atoms with Crippen molar-refractivity contribution in [3.8, 4) is 28.2 Å². The molecule has 0 spiro atoms. The van der Waals surface area contributed by atoms with E-state index in [9.17, 15) is 28.9 Å². The molecule has 4 rings (SSSR count). The summed E-state index contributed by atoms with van der Waals surface area (Å²) in [5.74, 6) is 4.21. The number of phosphoric ester groups is 1. The SMILES string of the molecule is CCOP(=O)(O)OCCCCCNC(=O)c1ccc(C(=O)O)c(-c2c3ccc(=O)cc-3oc3cc(ON)ccc23)c1. The molecule has 1 aliphatic heterocycles. The molecule has 1 amide bonds. The van der Waals surface area contributed by atoms with Crippen molar-refractivity contribution in [1.82, 2.24) is 5.32 Å². The molecule has 0 aromatic heterocycles. The average Bonchev–Trinajstić information content (AvgIpc) is 2.94. The highest BCUT2D eigenvalue weighted by Crippen LogP contribution is 2.43. The van der Waals surface area contributed by atoms with Gasteiger partial charge in [0.1, 0.15) is 11.3 Å². The molecule has 2 aromatic rings. The van der Waals surface area contributed by atoms with Crippen molar-refractivity contribution in [2.45, 2.75) is 26.2 Å². The van der Waals surface area contributed by atoms with Gasteiger partial charge in [-0.1, -0.05) is 0 Å². The zero-order chi connectivity index (χ0) is 29.6. The van der Waals surface area contributed by atoms with Gasteiger partial charge >= 0.3 is 13.8 Å². The van der Waals surface area contributed by atoms with E-state index >= 15 is 0 Å². The Morgan fingerprint density at radius 2 is 1.80 bits per heavy atom. The Balaban J connectivity index is 1.59. The molecule has 0 saturated heterocycles. The lowest BCUT2D eigenvalue weighted by atomic mass is 9.89. The summed E-state index contributed by atoms with van der Waals surface area (Å²) < 4.78 is 26.9. The van der Waals surface area contributed by atoms with E-state index < -0.39 is 19.7 Å². The summed E-state index contributed by atoms with van der Waals surface area (Å²) in [5.41, 5.74) is 1.40. The average molecular weight is 585 g/mol. The lowest BCUT2D eigenvalue weighted by Gasteiger charge is -2.17. The Bertz CT molecular complexity index is 1650. The van der Waals surface area contributed by atoms with Crippen molar-refractivity contribution in [3.63, 3.8) is 0 Å². The van der Waals surface area contributed by atoms with Crippen molar-refractivity contribution >= 4 is 30.7 Å². The number of carbonyl (C=O) groups excluding carboxylic acids is 1. The first-order valence-corrected chi connectivity index (χ1v) is 14.3. The molecule has 0 saturated carbocycles. The van der Waals surface area contributed by atoms with Crippen LogP contribution in [-0.2, 0) is 13.6 Å². The summed E-state index contributed by atoms with van der Waals surface area (Å²) in [6.07, 6.45) is 1.70. The van der Waals surface area contributed by atoms with E-state index in [1.54, 1.807) is 25.1 Å². The van der Waals surface area contributed by atoms with Crippen molar-refractivity contribution < 1.29 is 42.5 Å². The van der Waals surface area contributed by atoms with Crippen LogP contribution in [0.1, 0.15) is 46.9 Å². The summed E-state index contributed by atoms with van der Waals surface area (Å²) in [7, 11) is -4.03. The highest BCUT2D eigenvalue weighted by Gasteiger charge is 2.23. The number of carboxylic acid groups (broad SMARTS) is 1. The minimum atomic E-state index is -4.03. The molecule has 1 unspecified atom stereocenters. The first kappa shape index (κ1) is 29.9. The second kappa shape index (κ2) is 13.1. The molecule has 41 heavy (non-hydrogen) atoms. The second-order valence-electron chi connectivity index (χ2n) is 9.01. The molecule has 0 bridgehead atoms. The number of hydrogen-bond acceptors (Lipinski definition) is 9. The largest absolute Gasteiger partial charge is 0.478 e. The number of benzene rings is 3. The highest BCUT2D eigenvalue weighted by molar-refractivity contribution is 7.47. The number of rotatable bonds is 13. The van der Waals surface area contributed by atoms with Gasteiger partial charge in [0.25, 0.3) is 5.91 Å². The van der Waals surface area contributed by atoms with E-state index in [2.05, 4.69) is 9.84 Å². The number of nitrogens with two attached hydrogens (primary N) is 1. The van der Waals surface area contributed by atoms with Crippen molar-refractivity contribution in [3.05, 3.63) is 75.9 Å². The standard InChI is InChI=1S/C28H29N2O10P/c1-2-37-41(35,36)38-13-5-3-4-12-30-27(32)17-6-9-20(28(33)34)23(14-17)26-21-10-7-18(31)15-24(21)39-25-16-19(40-29)8-11-22(25)26/h6-11,14-16H,2-5,12-13,29H2,1H3,(H,30,32)(H,33,34)(H,35,36). The first-order chi connectivity index (χ1) is 19.6. The van der Waals surface area contributed by atoms with E-state index in [1.165, 1.54) is 36.4 Å². The van der Waals surface area contributed by atoms with E-state index in [1.807, 2.05) is 0 Å². The predicted molar refractivity (Wildman–Crippen MR) is 150 cm³/mol. The van der Waals surface area contributed by atoms with Crippen molar-refractivity contribution in [2.24, 2.45) is 5.90 Å². The maximum Gasteiger partial charge on any atom is 0.472 e. The fourth-order valence-electron chi connectivity index (χ4n) is 4.38. The van der Waals surface area contributed by atoms with Gasteiger partial charge in [-0.25, -0.2) is 9.36 Å². The van der Waals surface area contributed by atoms with Gasteiger partial charge in [0.15, 0.2) is 11.2 Å². The molecule has 1 heterocycles. The van der Waals surface area contributed by atoms with Gasteiger partial charge in [-0.15, -0.1) is 0 Å². The molecular weight excluding hydrogens is 555 g/mol. The quantitative estimate of drug-likeness (QED) is 0.0746. The maximum absolute atomic E-state index is 13.0. The van der Waals surface area contributed by atoms with E-state index in [0.29, 0.717) is 53.7 Å². The van der Waals surface area contributed by atoms with Gasteiger partial charge in [-0.05, 0) is 74.2 Å². The fourth-order valence-corrected chi connectivity index (χ4v) is 5.14. The van der Waals surface area contributed by atoms with Crippen LogP contribution in [-0.4, -0.2) is 41.6 Å². The van der Waals surface area contributed by atoms with Gasteiger partial charge in [0.2, 0.25) is 0 Å². The third-order valence-corrected chi connectivity index (χ3v) is 7.33. The minimum absolute atomic E-state index is 0.0414. The van der Waals surface area contributed by atoms with Gasteiger partial charge in [0, 0.05) is 40.8 Å². The Morgan fingerprint density at radius 1 is 1.00 bits per heavy atom. The zero-order valence-corrected chi connectivity index (χ0v) is 23.0. The monoisotopic (exact) mass is 584 g/mol. The number of carboxylic acids is 1. The van der Waals surface area contributed by atoms with Gasteiger partial charge in [0.05, 0.1) is 18.8 Å². The summed E-state index contributed by atoms with van der Waals surface area (Å²) >= 11 is 0. The summed E-state index contributed by atoms with van der Waals surface area (Å²) in [6.45, 7) is 2.01. The van der Waals surface area contributed by atoms with Crippen LogP contribution in [0.4, 0.5) is 0 Å². The molecule has 1 aliphatic carbocycles. The van der Waals surface area contributed by atoms with Crippen LogP contribution < -0.4 is 21.5 Å². The normalized spacial score (nSPS) is 12.8. The predicted octanol–water partition coefficient (Wildman–Crippen LogP) is 4.57. The Hall–Kier alpha value is -4.06. The Labute approximate surface area is 234 Å². The number of amides is 1. The molecule has 2 aromatic carbocycles. The third kappa shape index (κ3) is 7.18. The summed E-state index contributed by atoms with van der Waals surface area (Å²) in [6, 6.07) is 13.2. The van der Waals surface area contributed by atoms with Gasteiger partial charge < -0.3 is 24.6 Å². The zero-order valence-electron chi connectivity index (χ0n) is 22.1. The first-order valence-electron chi connectivity index (χ1n) is 12.8. The van der Waals surface area contributed by atoms with Crippen molar-refractivity contribution in [2.75, 3.05) is 19.8 Å². The maximum atomic E-state index is 13.0. The molecule has 1 atom stereocenters. The van der Waals surface area contributed by atoms with Crippen LogP contribution >= 0.6 is 7.82 Å². The molecule has 0 fully saturated rings. The van der Waals surface area contributed by atoms with Crippen LogP contribution in [0, 0.1) is 0 Å². The topological polar surface area (TPSA) is 188 Å². The summed E-state index contributed by atoms with van der Waals surface area (Å²) in [4.78, 5) is 51.5. The fraction of sp³-hybridized carbons (Fsp3) is 0.250. The number of fused-ring (bicyclic) bond motifs is 2. The van der Waals surface area contributed by atoms with Crippen molar-refractivity contribution in [1.29, 1.82) is 0 Å². The van der Waals surface area contributed by atoms with Crippen LogP contribution in [0.15, 0.2) is 63.8 Å². The summed E-state index contributed by atoms with van der Waals surface area (Å²) in [5, 5.41) is 13.3. The number of hydrogen-bond donors (Lipinski definition) is 4. The molecule has 216 valence electrons. The number of phosphoric acid groups is 1. The van der Waals surface area contributed by atoms with Crippen LogP contribution in [0.3, 0.4) is 0 Å². The lowest BCUT2D eigenvalue weighted by Crippen LogP contribution is -2.24. The van der Waals surface area contributed by atoms with E-state index in [-0.39, 0.29) is 41.1 Å². The van der Waals surface area contributed by atoms with Crippen LogP contribution in [0.2, 0.25) is 0 Å². The molecule has 0 radical (unpaired) electrons. The molecule has 5 N–H and O–H groups in total. The van der Waals surface area contributed by atoms with Crippen LogP contribution in [0.5, 0.6) is 5.75 Å². The number of unbranched alkanes of at least 4 members (excludes halogenated alkanes) is 2. The second-order valence-corrected chi connectivity index (χ2v) is 10.5. The Kier molecular flexibility index (Phi) is 9.53. The number of carbonyl (C=O) groups is 2.